The summed E-state index contributed by atoms with van der Waals surface area (Å²) in [6, 6.07) is 6.65. The zero-order chi connectivity index (χ0) is 16.8. The van der Waals surface area contributed by atoms with Gasteiger partial charge >= 0.3 is 0 Å². The molecule has 2 aliphatic heterocycles. The molecule has 0 aromatic heterocycles. The lowest BCUT2D eigenvalue weighted by Gasteiger charge is -2.35. The smallest absolute Gasteiger partial charge is 0.224 e. The fourth-order valence-corrected chi connectivity index (χ4v) is 3.48. The van der Waals surface area contributed by atoms with Gasteiger partial charge in [-0.25, -0.2) is 4.39 Å². The van der Waals surface area contributed by atoms with Crippen molar-refractivity contribution >= 4 is 30.7 Å². The molecule has 2 saturated heterocycles. The van der Waals surface area contributed by atoms with Crippen LogP contribution in [-0.2, 0) is 9.53 Å². The molecule has 1 aromatic rings. The van der Waals surface area contributed by atoms with E-state index < -0.39 is 0 Å². The summed E-state index contributed by atoms with van der Waals surface area (Å²) >= 11 is 0. The second kappa shape index (κ2) is 11.7. The summed E-state index contributed by atoms with van der Waals surface area (Å²) in [7, 11) is 0. The summed E-state index contributed by atoms with van der Waals surface area (Å²) in [6.45, 7) is 5.17. The van der Waals surface area contributed by atoms with Gasteiger partial charge in [0.15, 0.2) is 0 Å². The number of nitrogens with zero attached hydrogens (tertiary/aromatic N) is 1. The minimum absolute atomic E-state index is 0. The van der Waals surface area contributed by atoms with Crippen LogP contribution < -0.4 is 10.6 Å². The Hall–Kier alpha value is -0.920. The van der Waals surface area contributed by atoms with E-state index in [9.17, 15) is 9.18 Å². The molecule has 148 valence electrons. The normalized spacial score (nSPS) is 21.8. The largest absolute Gasteiger partial charge is 0.379 e. The van der Waals surface area contributed by atoms with E-state index >= 15 is 0 Å². The van der Waals surface area contributed by atoms with E-state index in [1.807, 2.05) is 6.07 Å². The van der Waals surface area contributed by atoms with Gasteiger partial charge < -0.3 is 15.4 Å². The molecule has 2 heterocycles. The molecular weight excluding hydrogens is 380 g/mol. The number of amides is 1. The third kappa shape index (κ3) is 6.35. The van der Waals surface area contributed by atoms with E-state index in [1.54, 1.807) is 12.1 Å². The Morgan fingerprint density at radius 2 is 2.12 bits per heavy atom. The van der Waals surface area contributed by atoms with Crippen molar-refractivity contribution in [2.24, 2.45) is 5.92 Å². The van der Waals surface area contributed by atoms with E-state index in [2.05, 4.69) is 15.5 Å². The van der Waals surface area contributed by atoms with Crippen molar-refractivity contribution in [2.75, 3.05) is 45.9 Å². The predicted octanol–water partition coefficient (Wildman–Crippen LogP) is 2.16. The van der Waals surface area contributed by atoms with Crippen molar-refractivity contribution in [3.8, 4) is 0 Å². The Bertz CT molecular complexity index is 553. The summed E-state index contributed by atoms with van der Waals surface area (Å²) in [6.07, 6.45) is 1.97. The molecule has 2 fully saturated rings. The van der Waals surface area contributed by atoms with Crippen LogP contribution in [0.2, 0.25) is 0 Å². The van der Waals surface area contributed by atoms with Crippen molar-refractivity contribution in [2.45, 2.75) is 18.9 Å². The number of halogens is 3. The van der Waals surface area contributed by atoms with Crippen molar-refractivity contribution in [3.05, 3.63) is 35.6 Å². The van der Waals surface area contributed by atoms with Gasteiger partial charge in [0.25, 0.3) is 0 Å². The first-order valence-electron chi connectivity index (χ1n) is 8.80. The first kappa shape index (κ1) is 23.1. The highest BCUT2D eigenvalue weighted by atomic mass is 35.5. The van der Waals surface area contributed by atoms with Crippen LogP contribution in [0.4, 0.5) is 4.39 Å². The number of hydrogen-bond donors (Lipinski definition) is 2. The fraction of sp³-hybridized carbons (Fsp3) is 0.611. The topological polar surface area (TPSA) is 53.6 Å². The number of nitrogens with one attached hydrogen (secondary N) is 2. The maximum absolute atomic E-state index is 13.6. The van der Waals surface area contributed by atoms with Gasteiger partial charge in [-0.15, -0.1) is 24.8 Å². The summed E-state index contributed by atoms with van der Waals surface area (Å²) in [5, 5.41) is 6.35. The molecule has 1 amide bonds. The third-order valence-electron chi connectivity index (χ3n) is 4.86. The number of benzene rings is 1. The van der Waals surface area contributed by atoms with E-state index in [0.29, 0.717) is 19.8 Å². The molecule has 2 unspecified atom stereocenters. The number of carbonyl (C=O) groups is 1. The third-order valence-corrected chi connectivity index (χ3v) is 4.86. The first-order chi connectivity index (χ1) is 11.7. The Balaban J connectivity index is 0.00000169. The molecule has 5 nitrogen and oxygen atoms in total. The fourth-order valence-electron chi connectivity index (χ4n) is 3.48. The molecule has 0 spiro atoms. The van der Waals surface area contributed by atoms with Gasteiger partial charge in [-0.3, -0.25) is 9.69 Å². The van der Waals surface area contributed by atoms with Gasteiger partial charge in [-0.05, 0) is 37.1 Å². The van der Waals surface area contributed by atoms with Gasteiger partial charge in [-0.2, -0.15) is 0 Å². The van der Waals surface area contributed by atoms with Crippen molar-refractivity contribution in [3.63, 3.8) is 0 Å². The van der Waals surface area contributed by atoms with E-state index in [-0.39, 0.29) is 48.5 Å². The zero-order valence-electron chi connectivity index (χ0n) is 14.8. The summed E-state index contributed by atoms with van der Waals surface area (Å²) in [5.41, 5.74) is 0.902. The van der Waals surface area contributed by atoms with Gasteiger partial charge in [0.05, 0.1) is 25.2 Å². The first-order valence-corrected chi connectivity index (χ1v) is 8.80. The van der Waals surface area contributed by atoms with Crippen LogP contribution in [0, 0.1) is 11.7 Å². The summed E-state index contributed by atoms with van der Waals surface area (Å²) in [5.74, 6) is -0.109. The van der Waals surface area contributed by atoms with E-state index in [4.69, 9.17) is 4.74 Å². The maximum Gasteiger partial charge on any atom is 0.224 e. The predicted molar refractivity (Wildman–Crippen MR) is 105 cm³/mol. The zero-order valence-corrected chi connectivity index (χ0v) is 16.4. The number of rotatable bonds is 5. The van der Waals surface area contributed by atoms with Crippen LogP contribution in [0.15, 0.2) is 24.3 Å². The van der Waals surface area contributed by atoms with Crippen LogP contribution in [0.5, 0.6) is 0 Å². The van der Waals surface area contributed by atoms with Crippen LogP contribution in [0.25, 0.3) is 0 Å². The van der Waals surface area contributed by atoms with E-state index in [1.165, 1.54) is 6.07 Å². The highest BCUT2D eigenvalue weighted by Crippen LogP contribution is 2.22. The summed E-state index contributed by atoms with van der Waals surface area (Å²) in [4.78, 5) is 14.7. The molecule has 3 rings (SSSR count). The van der Waals surface area contributed by atoms with Gasteiger partial charge in [0, 0.05) is 26.2 Å². The molecule has 2 atom stereocenters. The average molecular weight is 408 g/mol. The van der Waals surface area contributed by atoms with Gasteiger partial charge in [0.2, 0.25) is 5.91 Å². The Kier molecular flexibility index (Phi) is 10.4. The number of carbonyl (C=O) groups excluding carboxylic acids is 1. The Labute approximate surface area is 166 Å². The Morgan fingerprint density at radius 1 is 1.35 bits per heavy atom. The van der Waals surface area contributed by atoms with E-state index in [0.717, 1.165) is 44.6 Å². The van der Waals surface area contributed by atoms with Crippen molar-refractivity contribution < 1.29 is 13.9 Å². The van der Waals surface area contributed by atoms with Crippen LogP contribution in [0.3, 0.4) is 0 Å². The lowest BCUT2D eigenvalue weighted by Crippen LogP contribution is -2.46. The molecule has 0 radical (unpaired) electrons. The molecule has 2 N–H and O–H groups in total. The monoisotopic (exact) mass is 407 g/mol. The average Bonchev–Trinajstić information content (AvgIpc) is 2.63. The highest BCUT2D eigenvalue weighted by molar-refractivity contribution is 5.85. The van der Waals surface area contributed by atoms with Gasteiger partial charge in [-0.1, -0.05) is 12.1 Å². The van der Waals surface area contributed by atoms with Crippen molar-refractivity contribution in [1.82, 2.24) is 15.5 Å². The number of ether oxygens (including phenoxy) is 1. The molecular formula is C18H28Cl2FN3O2. The second-order valence-corrected chi connectivity index (χ2v) is 6.51. The molecule has 2 aliphatic rings. The molecule has 0 bridgehead atoms. The summed E-state index contributed by atoms with van der Waals surface area (Å²) < 4.78 is 19.1. The SMILES string of the molecule is Cl.Cl.O=C(NCC(c1cccc(F)c1)N1CCOCC1)C1CCCNC1. The van der Waals surface area contributed by atoms with Crippen LogP contribution >= 0.6 is 24.8 Å². The standard InChI is InChI=1S/C18H26FN3O2.2ClH/c19-16-5-1-3-14(11-16)17(22-7-9-24-10-8-22)13-21-18(23)15-4-2-6-20-12-15;;/h1,3,5,11,15,17,20H,2,4,6-10,12-13H2,(H,21,23);2*1H. The lowest BCUT2D eigenvalue weighted by molar-refractivity contribution is -0.125. The minimum atomic E-state index is -0.242. The molecule has 26 heavy (non-hydrogen) atoms. The number of morpholine rings is 1. The highest BCUT2D eigenvalue weighted by Gasteiger charge is 2.26. The Morgan fingerprint density at radius 3 is 2.77 bits per heavy atom. The molecule has 1 aromatic carbocycles. The molecule has 8 heteroatoms. The quantitative estimate of drug-likeness (QED) is 0.784. The van der Waals surface area contributed by atoms with Crippen molar-refractivity contribution in [1.29, 1.82) is 0 Å². The molecule has 0 saturated carbocycles. The van der Waals surface area contributed by atoms with Crippen LogP contribution in [-0.4, -0.2) is 56.7 Å². The minimum Gasteiger partial charge on any atom is -0.379 e. The second-order valence-electron chi connectivity index (χ2n) is 6.51. The van der Waals surface area contributed by atoms with Gasteiger partial charge in [0.1, 0.15) is 5.82 Å². The number of piperidine rings is 1. The molecule has 0 aliphatic carbocycles. The maximum atomic E-state index is 13.6. The number of hydrogen-bond acceptors (Lipinski definition) is 4. The lowest BCUT2D eigenvalue weighted by atomic mass is 9.98. The van der Waals surface area contributed by atoms with Crippen LogP contribution in [0.1, 0.15) is 24.4 Å².